The van der Waals surface area contributed by atoms with Gasteiger partial charge in [-0.05, 0) is 51.4 Å². The smallest absolute Gasteiger partial charge is 0.399 e. The van der Waals surface area contributed by atoms with Crippen LogP contribution in [0.1, 0.15) is 33.4 Å². The SMILES string of the molecule is CC1(C)OB(c2ccc3cnc(-c4cccc(C#N)n4)n3c2)OC1(C)C. The number of rotatable bonds is 2. The van der Waals surface area contributed by atoms with E-state index in [1.165, 1.54) is 0 Å². The summed E-state index contributed by atoms with van der Waals surface area (Å²) in [5, 5.41) is 9.09. The van der Waals surface area contributed by atoms with Gasteiger partial charge in [0.2, 0.25) is 0 Å². The number of nitriles is 1. The highest BCUT2D eigenvalue weighted by atomic mass is 16.7. The van der Waals surface area contributed by atoms with E-state index in [0.29, 0.717) is 17.2 Å². The second kappa shape index (κ2) is 5.66. The lowest BCUT2D eigenvalue weighted by Gasteiger charge is -2.32. The first-order valence-electron chi connectivity index (χ1n) is 8.51. The first kappa shape index (κ1) is 16.8. The number of hydrogen-bond donors (Lipinski definition) is 0. The minimum Gasteiger partial charge on any atom is -0.399 e. The molecule has 1 aliphatic heterocycles. The van der Waals surface area contributed by atoms with Gasteiger partial charge in [-0.1, -0.05) is 12.1 Å². The monoisotopic (exact) mass is 346 g/mol. The van der Waals surface area contributed by atoms with Gasteiger partial charge in [0.15, 0.2) is 5.82 Å². The Morgan fingerprint density at radius 3 is 2.50 bits per heavy atom. The van der Waals surface area contributed by atoms with E-state index in [9.17, 15) is 0 Å². The van der Waals surface area contributed by atoms with E-state index in [1.54, 1.807) is 18.3 Å². The summed E-state index contributed by atoms with van der Waals surface area (Å²) in [5.74, 6) is 0.676. The average Bonchev–Trinajstić information content (AvgIpc) is 3.12. The zero-order valence-corrected chi connectivity index (χ0v) is 15.2. The molecule has 0 aliphatic carbocycles. The number of imidazole rings is 1. The molecule has 3 aromatic heterocycles. The quantitative estimate of drug-likeness (QED) is 0.667. The molecular weight excluding hydrogens is 327 g/mol. The van der Waals surface area contributed by atoms with Crippen molar-refractivity contribution in [2.75, 3.05) is 0 Å². The van der Waals surface area contributed by atoms with Gasteiger partial charge in [-0.25, -0.2) is 9.97 Å². The van der Waals surface area contributed by atoms with E-state index in [1.807, 2.05) is 56.5 Å². The van der Waals surface area contributed by atoms with Crippen molar-refractivity contribution in [1.29, 1.82) is 5.26 Å². The number of nitrogens with zero attached hydrogens (tertiary/aromatic N) is 4. The van der Waals surface area contributed by atoms with Crippen LogP contribution in [0.25, 0.3) is 17.0 Å². The molecule has 0 amide bonds. The minimum atomic E-state index is -0.446. The van der Waals surface area contributed by atoms with E-state index in [4.69, 9.17) is 14.6 Å². The molecule has 0 atom stereocenters. The number of fused-ring (bicyclic) bond motifs is 1. The van der Waals surface area contributed by atoms with Crippen LogP contribution in [0.3, 0.4) is 0 Å². The van der Waals surface area contributed by atoms with Crippen molar-refractivity contribution in [2.45, 2.75) is 38.9 Å². The van der Waals surface area contributed by atoms with E-state index in [2.05, 4.69) is 16.0 Å². The number of pyridine rings is 2. The number of aromatic nitrogens is 3. The lowest BCUT2D eigenvalue weighted by Crippen LogP contribution is -2.41. The highest BCUT2D eigenvalue weighted by molar-refractivity contribution is 6.62. The van der Waals surface area contributed by atoms with Gasteiger partial charge in [0.05, 0.1) is 22.9 Å². The molecule has 0 N–H and O–H groups in total. The van der Waals surface area contributed by atoms with Gasteiger partial charge in [0.1, 0.15) is 17.5 Å². The first-order valence-corrected chi connectivity index (χ1v) is 8.51. The summed E-state index contributed by atoms with van der Waals surface area (Å²) in [4.78, 5) is 8.83. The molecule has 1 fully saturated rings. The molecule has 0 unspecified atom stereocenters. The Labute approximate surface area is 152 Å². The third-order valence-corrected chi connectivity index (χ3v) is 5.17. The Kier molecular flexibility index (Phi) is 3.65. The van der Waals surface area contributed by atoms with Gasteiger partial charge in [0, 0.05) is 6.20 Å². The highest BCUT2D eigenvalue weighted by Gasteiger charge is 2.51. The van der Waals surface area contributed by atoms with Crippen LogP contribution >= 0.6 is 0 Å². The van der Waals surface area contributed by atoms with Gasteiger partial charge in [-0.2, -0.15) is 5.26 Å². The Hall–Kier alpha value is -2.69. The normalized spacial score (nSPS) is 18.2. The van der Waals surface area contributed by atoms with Crippen LogP contribution in [0.2, 0.25) is 0 Å². The van der Waals surface area contributed by atoms with E-state index in [-0.39, 0.29) is 0 Å². The van der Waals surface area contributed by atoms with Gasteiger partial charge in [0.25, 0.3) is 0 Å². The predicted molar refractivity (Wildman–Crippen MR) is 98.9 cm³/mol. The topological polar surface area (TPSA) is 72.4 Å². The lowest BCUT2D eigenvalue weighted by molar-refractivity contribution is 0.00578. The molecule has 0 bridgehead atoms. The van der Waals surface area contributed by atoms with Crippen LogP contribution in [0.4, 0.5) is 0 Å². The Balaban J connectivity index is 1.78. The summed E-state index contributed by atoms with van der Waals surface area (Å²) in [6.07, 6.45) is 3.74. The lowest BCUT2D eigenvalue weighted by atomic mass is 9.80. The van der Waals surface area contributed by atoms with Crippen molar-refractivity contribution in [1.82, 2.24) is 14.4 Å². The van der Waals surface area contributed by atoms with Gasteiger partial charge >= 0.3 is 7.12 Å². The van der Waals surface area contributed by atoms with Crippen LogP contribution < -0.4 is 5.46 Å². The summed E-state index contributed by atoms with van der Waals surface area (Å²) in [6, 6.07) is 11.4. The van der Waals surface area contributed by atoms with E-state index >= 15 is 0 Å². The van der Waals surface area contributed by atoms with Gasteiger partial charge in [-0.3, -0.25) is 4.40 Å². The van der Waals surface area contributed by atoms with Crippen LogP contribution in [0, 0.1) is 11.3 Å². The molecule has 0 spiro atoms. The predicted octanol–water partition coefficient (Wildman–Crippen LogP) is 2.57. The van der Waals surface area contributed by atoms with Crippen molar-refractivity contribution in [3.8, 4) is 17.6 Å². The van der Waals surface area contributed by atoms with Gasteiger partial charge in [-0.15, -0.1) is 0 Å². The van der Waals surface area contributed by atoms with Crippen molar-refractivity contribution in [3.05, 3.63) is 48.4 Å². The fraction of sp³-hybridized carbons (Fsp3) is 0.316. The van der Waals surface area contributed by atoms with E-state index < -0.39 is 18.3 Å². The van der Waals surface area contributed by atoms with Crippen molar-refractivity contribution >= 4 is 18.1 Å². The van der Waals surface area contributed by atoms with Crippen molar-refractivity contribution < 1.29 is 9.31 Å². The maximum absolute atomic E-state index is 9.09. The van der Waals surface area contributed by atoms with Crippen LogP contribution in [-0.4, -0.2) is 32.7 Å². The molecule has 0 radical (unpaired) electrons. The second-order valence-corrected chi connectivity index (χ2v) is 7.45. The highest BCUT2D eigenvalue weighted by Crippen LogP contribution is 2.36. The second-order valence-electron chi connectivity index (χ2n) is 7.45. The zero-order chi connectivity index (χ0) is 18.5. The summed E-state index contributed by atoms with van der Waals surface area (Å²) in [6.45, 7) is 8.13. The summed E-state index contributed by atoms with van der Waals surface area (Å²) in [7, 11) is -0.446. The maximum atomic E-state index is 9.09. The molecule has 26 heavy (non-hydrogen) atoms. The summed E-state index contributed by atoms with van der Waals surface area (Å²) < 4.78 is 14.2. The largest absolute Gasteiger partial charge is 0.496 e. The fourth-order valence-corrected chi connectivity index (χ4v) is 2.94. The summed E-state index contributed by atoms with van der Waals surface area (Å²) in [5.41, 5.74) is 2.06. The Bertz CT molecular complexity index is 1020. The molecule has 0 aromatic carbocycles. The van der Waals surface area contributed by atoms with Gasteiger partial charge < -0.3 is 9.31 Å². The molecule has 0 saturated carbocycles. The molecular formula is C19H19BN4O2. The minimum absolute atomic E-state index is 0.362. The zero-order valence-electron chi connectivity index (χ0n) is 15.2. The fourth-order valence-electron chi connectivity index (χ4n) is 2.94. The molecule has 4 heterocycles. The van der Waals surface area contributed by atoms with E-state index in [0.717, 1.165) is 11.0 Å². The molecule has 3 aromatic rings. The maximum Gasteiger partial charge on any atom is 0.496 e. The molecule has 4 rings (SSSR count). The molecule has 6 nitrogen and oxygen atoms in total. The average molecular weight is 346 g/mol. The molecule has 1 aliphatic rings. The third kappa shape index (κ3) is 2.59. The van der Waals surface area contributed by atoms with Crippen LogP contribution in [0.5, 0.6) is 0 Å². The Morgan fingerprint density at radius 1 is 1.08 bits per heavy atom. The summed E-state index contributed by atoms with van der Waals surface area (Å²) >= 11 is 0. The molecule has 1 saturated heterocycles. The first-order chi connectivity index (χ1) is 12.3. The standard InChI is InChI=1S/C19H19BN4O2/c1-18(2)19(3,4)26-20(25-18)13-8-9-15-11-22-17(24(15)12-13)16-7-5-6-14(10-21)23-16/h5-9,11-12H,1-4H3. The van der Waals surface area contributed by atoms with Crippen LogP contribution in [0.15, 0.2) is 42.7 Å². The molecule has 7 heteroatoms. The van der Waals surface area contributed by atoms with Crippen molar-refractivity contribution in [3.63, 3.8) is 0 Å². The number of hydrogen-bond acceptors (Lipinski definition) is 5. The molecule has 130 valence electrons. The Morgan fingerprint density at radius 2 is 1.81 bits per heavy atom. The third-order valence-electron chi connectivity index (χ3n) is 5.17. The van der Waals surface area contributed by atoms with Crippen molar-refractivity contribution in [2.24, 2.45) is 0 Å². The van der Waals surface area contributed by atoms with Crippen LogP contribution in [-0.2, 0) is 9.31 Å².